The van der Waals surface area contributed by atoms with Gasteiger partial charge in [0.2, 0.25) is 5.88 Å². The van der Waals surface area contributed by atoms with Crippen molar-refractivity contribution in [1.82, 2.24) is 25.1 Å². The van der Waals surface area contributed by atoms with Crippen molar-refractivity contribution in [3.63, 3.8) is 0 Å². The maximum atomic E-state index is 12.5. The van der Waals surface area contributed by atoms with Crippen LogP contribution in [0.2, 0.25) is 0 Å². The highest BCUT2D eigenvalue weighted by Gasteiger charge is 2.15. The maximum Gasteiger partial charge on any atom is 0.349 e. The van der Waals surface area contributed by atoms with Gasteiger partial charge in [0.15, 0.2) is 23.0 Å². The summed E-state index contributed by atoms with van der Waals surface area (Å²) in [6.07, 6.45) is 0. The number of fused-ring (bicyclic) bond motifs is 2. The summed E-state index contributed by atoms with van der Waals surface area (Å²) in [4.78, 5) is 24.6. The zero-order valence-electron chi connectivity index (χ0n) is 19.4. The Hall–Kier alpha value is -4.93. The van der Waals surface area contributed by atoms with E-state index in [-0.39, 0.29) is 18.7 Å². The number of aromatic nitrogens is 4. The summed E-state index contributed by atoms with van der Waals surface area (Å²) < 4.78 is 23.1. The van der Waals surface area contributed by atoms with E-state index < -0.39 is 11.5 Å². The second-order valence-corrected chi connectivity index (χ2v) is 7.62. The number of hydrogen-bond acceptors (Lipinski definition) is 9. The molecule has 182 valence electrons. The van der Waals surface area contributed by atoms with E-state index in [1.54, 1.807) is 67.3 Å². The quantitative estimate of drug-likeness (QED) is 0.259. The summed E-state index contributed by atoms with van der Waals surface area (Å²) in [7, 11) is 3.12. The molecule has 0 saturated carbocycles. The van der Waals surface area contributed by atoms with E-state index in [0.717, 1.165) is 5.56 Å². The third kappa shape index (κ3) is 4.41. The molecule has 1 amide bonds. The molecule has 11 nitrogen and oxygen atoms in total. The van der Waals surface area contributed by atoms with Gasteiger partial charge in [-0.1, -0.05) is 18.2 Å². The lowest BCUT2D eigenvalue weighted by Gasteiger charge is -2.09. The van der Waals surface area contributed by atoms with Crippen LogP contribution in [0.1, 0.15) is 10.4 Å². The van der Waals surface area contributed by atoms with Gasteiger partial charge in [-0.25, -0.2) is 4.79 Å². The number of methoxy groups -OCH3 is 2. The minimum atomic E-state index is -0.700. The summed E-state index contributed by atoms with van der Waals surface area (Å²) in [5.74, 6) is 1.40. The van der Waals surface area contributed by atoms with E-state index in [4.69, 9.17) is 18.6 Å². The fraction of sp³-hybridized carbons (Fsp3) is 0.160. The number of rotatable bonds is 8. The highest BCUT2D eigenvalue weighted by Crippen LogP contribution is 2.31. The number of benzene rings is 2. The first-order valence-corrected chi connectivity index (χ1v) is 11.0. The molecule has 0 aliphatic heterocycles. The van der Waals surface area contributed by atoms with Gasteiger partial charge in [0, 0.05) is 17.0 Å². The SMILES string of the molecule is COc1ccc(-c2nnc3ccc(OCCNC(=O)c4cc5ccccc5oc4=O)nn23)cc1OC. The van der Waals surface area contributed by atoms with Crippen LogP contribution < -0.4 is 25.2 Å². The lowest BCUT2D eigenvalue weighted by molar-refractivity contribution is 0.0943. The topological polar surface area (TPSA) is 130 Å². The molecule has 0 unspecified atom stereocenters. The third-order valence-corrected chi connectivity index (χ3v) is 5.40. The van der Waals surface area contributed by atoms with Gasteiger partial charge in [-0.05, 0) is 36.4 Å². The molecule has 0 bridgehead atoms. The number of para-hydroxylation sites is 1. The summed E-state index contributed by atoms with van der Waals surface area (Å²) in [6.45, 7) is 0.270. The minimum absolute atomic E-state index is 0.0719. The maximum absolute atomic E-state index is 12.5. The van der Waals surface area contributed by atoms with Crippen LogP contribution in [0.4, 0.5) is 0 Å². The molecule has 0 atom stereocenters. The molecule has 1 N–H and O–H groups in total. The number of nitrogens with zero attached hydrogens (tertiary/aromatic N) is 4. The van der Waals surface area contributed by atoms with Crippen molar-refractivity contribution in [3.8, 4) is 28.8 Å². The Morgan fingerprint density at radius 2 is 1.83 bits per heavy atom. The number of hydrogen-bond donors (Lipinski definition) is 1. The van der Waals surface area contributed by atoms with Gasteiger partial charge in [0.25, 0.3) is 5.91 Å². The predicted octanol–water partition coefficient (Wildman–Crippen LogP) is 2.72. The molecular formula is C25H21N5O6. The molecule has 36 heavy (non-hydrogen) atoms. The fourth-order valence-electron chi connectivity index (χ4n) is 3.64. The standard InChI is InChI=1S/C25H21N5O6/c1-33-19-8-7-16(14-20(19)34-2)23-28-27-21-9-10-22(29-30(21)23)35-12-11-26-24(31)17-13-15-5-3-4-6-18(15)36-25(17)32/h3-10,13-14H,11-12H2,1-2H3,(H,26,31). The number of nitrogens with one attached hydrogen (secondary N) is 1. The van der Waals surface area contributed by atoms with Crippen LogP contribution in [-0.4, -0.2) is 53.1 Å². The molecular weight excluding hydrogens is 466 g/mol. The van der Waals surface area contributed by atoms with Crippen LogP contribution in [-0.2, 0) is 0 Å². The van der Waals surface area contributed by atoms with Crippen molar-refractivity contribution < 1.29 is 23.4 Å². The molecule has 0 saturated heterocycles. The highest BCUT2D eigenvalue weighted by atomic mass is 16.5. The third-order valence-electron chi connectivity index (χ3n) is 5.40. The molecule has 3 heterocycles. The zero-order valence-corrected chi connectivity index (χ0v) is 19.4. The Bertz CT molecular complexity index is 1630. The van der Waals surface area contributed by atoms with E-state index in [1.165, 1.54) is 6.07 Å². The van der Waals surface area contributed by atoms with Gasteiger partial charge in [0.1, 0.15) is 17.8 Å². The Labute approximate surface area is 204 Å². The summed E-state index contributed by atoms with van der Waals surface area (Å²) in [6, 6.07) is 17.3. The number of amides is 1. The second kappa shape index (κ2) is 9.74. The van der Waals surface area contributed by atoms with Crippen LogP contribution in [0.25, 0.3) is 28.0 Å². The summed E-state index contributed by atoms with van der Waals surface area (Å²) >= 11 is 0. The Morgan fingerprint density at radius 3 is 2.67 bits per heavy atom. The Kier molecular flexibility index (Phi) is 6.18. The van der Waals surface area contributed by atoms with E-state index in [0.29, 0.717) is 39.8 Å². The number of carbonyl (C=O) groups excluding carboxylic acids is 1. The second-order valence-electron chi connectivity index (χ2n) is 7.62. The average molecular weight is 487 g/mol. The van der Waals surface area contributed by atoms with Gasteiger partial charge in [-0.3, -0.25) is 4.79 Å². The number of ether oxygens (including phenoxy) is 3. The van der Waals surface area contributed by atoms with Crippen LogP contribution in [0.3, 0.4) is 0 Å². The van der Waals surface area contributed by atoms with Crippen molar-refractivity contribution in [1.29, 1.82) is 0 Å². The smallest absolute Gasteiger partial charge is 0.349 e. The van der Waals surface area contributed by atoms with E-state index >= 15 is 0 Å². The Morgan fingerprint density at radius 1 is 1.00 bits per heavy atom. The molecule has 0 aliphatic rings. The molecule has 2 aromatic carbocycles. The van der Waals surface area contributed by atoms with Crippen LogP contribution in [0.5, 0.6) is 17.4 Å². The fourth-order valence-corrected chi connectivity index (χ4v) is 3.64. The van der Waals surface area contributed by atoms with Gasteiger partial charge in [-0.15, -0.1) is 15.3 Å². The molecule has 0 aliphatic carbocycles. The van der Waals surface area contributed by atoms with Crippen molar-refractivity contribution >= 4 is 22.5 Å². The normalized spacial score (nSPS) is 10.9. The Balaban J connectivity index is 1.26. The van der Waals surface area contributed by atoms with Crippen molar-refractivity contribution in [2.24, 2.45) is 0 Å². The van der Waals surface area contributed by atoms with Crippen molar-refractivity contribution in [3.05, 3.63) is 76.6 Å². The summed E-state index contributed by atoms with van der Waals surface area (Å²) in [5, 5.41) is 16.1. The zero-order chi connectivity index (χ0) is 25.1. The van der Waals surface area contributed by atoms with E-state index in [2.05, 4.69) is 20.6 Å². The summed E-state index contributed by atoms with van der Waals surface area (Å²) in [5.41, 5.74) is 0.909. The first kappa shape index (κ1) is 22.8. The first-order chi connectivity index (χ1) is 17.6. The van der Waals surface area contributed by atoms with Crippen molar-refractivity contribution in [2.75, 3.05) is 27.4 Å². The van der Waals surface area contributed by atoms with Gasteiger partial charge < -0.3 is 23.9 Å². The lowest BCUT2D eigenvalue weighted by Crippen LogP contribution is -2.31. The minimum Gasteiger partial charge on any atom is -0.493 e. The van der Waals surface area contributed by atoms with Gasteiger partial charge >= 0.3 is 5.63 Å². The monoisotopic (exact) mass is 487 g/mol. The van der Waals surface area contributed by atoms with E-state index in [1.807, 2.05) is 6.07 Å². The number of carbonyl (C=O) groups is 1. The molecule has 0 fully saturated rings. The predicted molar refractivity (Wildman–Crippen MR) is 130 cm³/mol. The van der Waals surface area contributed by atoms with Crippen molar-refractivity contribution in [2.45, 2.75) is 0 Å². The largest absolute Gasteiger partial charge is 0.493 e. The average Bonchev–Trinajstić information content (AvgIpc) is 3.33. The van der Waals surface area contributed by atoms with Crippen LogP contribution >= 0.6 is 0 Å². The highest BCUT2D eigenvalue weighted by molar-refractivity contribution is 5.96. The molecule has 0 radical (unpaired) electrons. The lowest BCUT2D eigenvalue weighted by atomic mass is 10.2. The molecule has 11 heteroatoms. The van der Waals surface area contributed by atoms with E-state index in [9.17, 15) is 9.59 Å². The molecule has 3 aromatic heterocycles. The van der Waals surface area contributed by atoms with Crippen LogP contribution in [0, 0.1) is 0 Å². The van der Waals surface area contributed by atoms with Crippen LogP contribution in [0.15, 0.2) is 69.9 Å². The molecule has 5 rings (SSSR count). The molecule has 0 spiro atoms. The first-order valence-electron chi connectivity index (χ1n) is 11.0. The molecule has 5 aromatic rings. The van der Waals surface area contributed by atoms with Gasteiger partial charge in [-0.2, -0.15) is 4.52 Å². The van der Waals surface area contributed by atoms with Gasteiger partial charge in [0.05, 0.1) is 20.8 Å².